The van der Waals surface area contributed by atoms with Gasteiger partial charge in [0.15, 0.2) is 5.13 Å². The average Bonchev–Trinajstić information content (AvgIpc) is 3.31. The number of nitrogens with one attached hydrogen (secondary N) is 2. The minimum atomic E-state index is -0.753. The molecule has 1 saturated heterocycles. The highest BCUT2D eigenvalue weighted by Crippen LogP contribution is 2.56. The Morgan fingerprint density at radius 2 is 2.04 bits per heavy atom. The van der Waals surface area contributed by atoms with Crippen molar-refractivity contribution in [3.8, 4) is 0 Å². The van der Waals surface area contributed by atoms with Gasteiger partial charge in [-0.15, -0.1) is 23.1 Å². The van der Waals surface area contributed by atoms with Crippen LogP contribution in [0, 0.1) is 0 Å². The monoisotopic (exact) mass is 416 g/mol. The molecular weight excluding hydrogens is 396 g/mol. The highest BCUT2D eigenvalue weighted by molar-refractivity contribution is 8.01. The van der Waals surface area contributed by atoms with Crippen LogP contribution in [-0.2, 0) is 9.59 Å². The van der Waals surface area contributed by atoms with Gasteiger partial charge in [0.05, 0.1) is 0 Å². The third-order valence-electron chi connectivity index (χ3n) is 4.96. The van der Waals surface area contributed by atoms with Crippen molar-refractivity contribution in [2.24, 2.45) is 0 Å². The summed E-state index contributed by atoms with van der Waals surface area (Å²) in [5, 5.41) is 7.50. The van der Waals surface area contributed by atoms with Gasteiger partial charge in [-0.1, -0.05) is 18.2 Å². The van der Waals surface area contributed by atoms with Crippen LogP contribution < -0.4 is 10.6 Å². The van der Waals surface area contributed by atoms with Crippen molar-refractivity contribution in [1.29, 1.82) is 0 Å². The van der Waals surface area contributed by atoms with Crippen molar-refractivity contribution in [3.63, 3.8) is 0 Å². The molecule has 0 spiro atoms. The molecule has 9 heteroatoms. The molecule has 2 aromatic rings. The second-order valence-electron chi connectivity index (χ2n) is 7.33. The first-order chi connectivity index (χ1) is 13.3. The molecule has 0 bridgehead atoms. The number of thiazole rings is 1. The maximum Gasteiger partial charge on any atom is 0.256 e. The Balaban J connectivity index is 1.52. The van der Waals surface area contributed by atoms with E-state index in [1.165, 1.54) is 11.3 Å². The van der Waals surface area contributed by atoms with E-state index < -0.39 is 16.8 Å². The summed E-state index contributed by atoms with van der Waals surface area (Å²) in [7, 11) is 0. The minimum Gasteiger partial charge on any atom is -0.343 e. The summed E-state index contributed by atoms with van der Waals surface area (Å²) in [6, 6.07) is 6.04. The predicted octanol–water partition coefficient (Wildman–Crippen LogP) is 2.63. The number of benzene rings is 1. The van der Waals surface area contributed by atoms with E-state index in [9.17, 15) is 14.4 Å². The van der Waals surface area contributed by atoms with E-state index in [4.69, 9.17) is 0 Å². The van der Waals surface area contributed by atoms with Crippen molar-refractivity contribution < 1.29 is 14.4 Å². The van der Waals surface area contributed by atoms with Gasteiger partial charge in [-0.25, -0.2) is 4.98 Å². The van der Waals surface area contributed by atoms with Gasteiger partial charge >= 0.3 is 0 Å². The highest BCUT2D eigenvalue weighted by Gasteiger charge is 2.57. The maximum absolute atomic E-state index is 13.1. The third-order valence-corrected chi connectivity index (χ3v) is 7.18. The highest BCUT2D eigenvalue weighted by atomic mass is 32.2. The number of thioether (sulfide) groups is 1. The molecule has 3 atom stereocenters. The number of aromatic nitrogens is 1. The number of nitrogens with zero attached hydrogens (tertiary/aromatic N) is 2. The quantitative estimate of drug-likeness (QED) is 0.800. The number of hydrogen-bond donors (Lipinski definition) is 2. The molecule has 3 amide bonds. The van der Waals surface area contributed by atoms with Crippen LogP contribution in [0.4, 0.5) is 5.13 Å². The molecule has 146 valence electrons. The summed E-state index contributed by atoms with van der Waals surface area (Å²) in [5.74, 6) is -0.819. The lowest BCUT2D eigenvalue weighted by Crippen LogP contribution is -2.55. The molecule has 3 heterocycles. The van der Waals surface area contributed by atoms with Crippen LogP contribution in [-0.4, -0.2) is 44.4 Å². The maximum atomic E-state index is 13.1. The molecule has 0 unspecified atom stereocenters. The summed E-state index contributed by atoms with van der Waals surface area (Å²) >= 11 is 2.90. The predicted molar refractivity (Wildman–Crippen MR) is 109 cm³/mol. The largest absolute Gasteiger partial charge is 0.343 e. The Bertz CT molecular complexity index is 944. The van der Waals surface area contributed by atoms with Crippen LogP contribution in [0.1, 0.15) is 42.1 Å². The van der Waals surface area contributed by atoms with E-state index >= 15 is 0 Å². The zero-order chi connectivity index (χ0) is 20.1. The number of rotatable bonds is 4. The number of anilines is 1. The van der Waals surface area contributed by atoms with Crippen molar-refractivity contribution >= 4 is 46.0 Å². The lowest BCUT2D eigenvalue weighted by Gasteiger charge is -2.30. The average molecular weight is 417 g/mol. The topological polar surface area (TPSA) is 91.4 Å². The van der Waals surface area contributed by atoms with Crippen LogP contribution in [0.5, 0.6) is 0 Å². The van der Waals surface area contributed by atoms with Gasteiger partial charge < -0.3 is 15.5 Å². The zero-order valence-electron chi connectivity index (χ0n) is 15.6. The van der Waals surface area contributed by atoms with Crippen molar-refractivity contribution in [2.45, 2.75) is 43.0 Å². The zero-order valence-corrected chi connectivity index (χ0v) is 17.3. The molecule has 2 aliphatic heterocycles. The Morgan fingerprint density at radius 3 is 2.75 bits per heavy atom. The lowest BCUT2D eigenvalue weighted by molar-refractivity contribution is -0.129. The second kappa shape index (κ2) is 6.89. The Hall–Kier alpha value is -2.39. The van der Waals surface area contributed by atoms with E-state index in [0.717, 1.165) is 5.56 Å². The summed E-state index contributed by atoms with van der Waals surface area (Å²) in [5.41, 5.74) is 1.58. The molecule has 28 heavy (non-hydrogen) atoms. The molecule has 7 nitrogen and oxygen atoms in total. The van der Waals surface area contributed by atoms with E-state index in [1.807, 2.05) is 32.0 Å². The Labute approximate surface area is 170 Å². The van der Waals surface area contributed by atoms with Gasteiger partial charge in [0.25, 0.3) is 5.91 Å². The normalized spacial score (nSPS) is 23.1. The van der Waals surface area contributed by atoms with Gasteiger partial charge in [-0.3, -0.25) is 14.4 Å². The van der Waals surface area contributed by atoms with Crippen molar-refractivity contribution in [3.05, 3.63) is 47.0 Å². The summed E-state index contributed by atoms with van der Waals surface area (Å²) < 4.78 is -0.483. The first kappa shape index (κ1) is 18.9. The first-order valence-electron chi connectivity index (χ1n) is 8.90. The minimum absolute atomic E-state index is 0.140. The van der Waals surface area contributed by atoms with Gasteiger partial charge in [0.2, 0.25) is 11.8 Å². The van der Waals surface area contributed by atoms with Crippen molar-refractivity contribution in [2.75, 3.05) is 5.32 Å². The molecule has 0 radical (unpaired) electrons. The van der Waals surface area contributed by atoms with Gasteiger partial charge in [0.1, 0.15) is 17.5 Å². The lowest BCUT2D eigenvalue weighted by atomic mass is 10.0. The smallest absolute Gasteiger partial charge is 0.256 e. The van der Waals surface area contributed by atoms with E-state index in [0.29, 0.717) is 10.7 Å². The molecule has 1 aromatic carbocycles. The number of carbonyl (C=O) groups excluding carboxylic acids is 3. The van der Waals surface area contributed by atoms with E-state index in [1.54, 1.807) is 41.2 Å². The Kier molecular flexibility index (Phi) is 4.67. The van der Waals surface area contributed by atoms with Crippen LogP contribution in [0.2, 0.25) is 0 Å². The van der Waals surface area contributed by atoms with Crippen molar-refractivity contribution in [1.82, 2.24) is 15.2 Å². The summed E-state index contributed by atoms with van der Waals surface area (Å²) in [6.07, 6.45) is 1.60. The number of fused-ring (bicyclic) bond motifs is 3. The van der Waals surface area contributed by atoms with E-state index in [-0.39, 0.29) is 23.1 Å². The van der Waals surface area contributed by atoms with Gasteiger partial charge in [0, 0.05) is 21.9 Å². The number of amides is 3. The van der Waals surface area contributed by atoms with Crippen LogP contribution in [0.25, 0.3) is 0 Å². The summed E-state index contributed by atoms with van der Waals surface area (Å²) in [4.78, 5) is 44.1. The van der Waals surface area contributed by atoms with Gasteiger partial charge in [-0.2, -0.15) is 0 Å². The Morgan fingerprint density at radius 1 is 1.29 bits per heavy atom. The van der Waals surface area contributed by atoms with Gasteiger partial charge in [-0.05, 0) is 32.4 Å². The molecule has 2 aliphatic rings. The molecular formula is C19H20N4O3S2. The standard InChI is InChI=1S/C19H20N4O3S2/c1-10(14(24)22-18-20-8-9-27-18)21-15(25)13-19(2,3)28-17-12-7-5-4-6-11(12)16(26)23(13)17/h4-10,13,17H,1-3H3,(H,21,25)(H,20,22,24)/t10-,13+,17+/m0/s1. The van der Waals surface area contributed by atoms with Crippen LogP contribution in [0.15, 0.2) is 35.8 Å². The van der Waals surface area contributed by atoms with Crippen LogP contribution >= 0.6 is 23.1 Å². The third kappa shape index (κ3) is 3.08. The fourth-order valence-corrected chi connectivity index (χ4v) is 5.78. The molecule has 1 fully saturated rings. The molecule has 2 N–H and O–H groups in total. The fourth-order valence-electron chi connectivity index (χ4n) is 3.66. The fraction of sp³-hybridized carbons (Fsp3) is 0.368. The van der Waals surface area contributed by atoms with E-state index in [2.05, 4.69) is 15.6 Å². The first-order valence-corrected chi connectivity index (χ1v) is 10.7. The van der Waals surface area contributed by atoms with Crippen LogP contribution in [0.3, 0.4) is 0 Å². The number of hydrogen-bond acceptors (Lipinski definition) is 6. The molecule has 4 rings (SSSR count). The summed E-state index contributed by atoms with van der Waals surface area (Å²) in [6.45, 7) is 5.53. The molecule has 0 aliphatic carbocycles. The molecule has 0 saturated carbocycles. The molecule has 1 aromatic heterocycles. The SMILES string of the molecule is C[C@H](NC(=O)[C@H]1N2C(=O)c3ccccc3[C@H]2SC1(C)C)C(=O)Nc1nccs1. The number of carbonyl (C=O) groups is 3. The second-order valence-corrected chi connectivity index (χ2v) is 9.96.